The molecule has 92 valence electrons. The summed E-state index contributed by atoms with van der Waals surface area (Å²) in [6.45, 7) is 1.97. The van der Waals surface area contributed by atoms with E-state index < -0.39 is 0 Å². The van der Waals surface area contributed by atoms with E-state index in [-0.39, 0.29) is 22.8 Å². The molecule has 0 spiro atoms. The molecule has 0 amide bonds. The van der Waals surface area contributed by atoms with E-state index in [9.17, 15) is 15.0 Å². The van der Waals surface area contributed by atoms with Gasteiger partial charge in [0.05, 0.1) is 5.56 Å². The average Bonchev–Trinajstić information content (AvgIpc) is 2.38. The quantitative estimate of drug-likeness (QED) is 0.814. The van der Waals surface area contributed by atoms with Crippen molar-refractivity contribution < 1.29 is 15.0 Å². The summed E-state index contributed by atoms with van der Waals surface area (Å²) in [5.41, 5.74) is 1.73. The first-order valence-corrected chi connectivity index (χ1v) is 5.78. The highest BCUT2D eigenvalue weighted by atomic mass is 16.3. The molecule has 0 atom stereocenters. The van der Waals surface area contributed by atoms with Gasteiger partial charge in [-0.3, -0.25) is 4.79 Å². The van der Waals surface area contributed by atoms with E-state index in [1.807, 2.05) is 19.1 Å². The van der Waals surface area contributed by atoms with Gasteiger partial charge in [0.2, 0.25) is 0 Å². The van der Waals surface area contributed by atoms with E-state index in [0.29, 0.717) is 5.56 Å². The predicted molar refractivity (Wildman–Crippen MR) is 69.0 cm³/mol. The van der Waals surface area contributed by atoms with Crippen LogP contribution in [0.25, 0.3) is 0 Å². The Labute approximate surface area is 105 Å². The van der Waals surface area contributed by atoms with E-state index in [4.69, 9.17) is 0 Å². The lowest BCUT2D eigenvalue weighted by Gasteiger charge is -2.08. The van der Waals surface area contributed by atoms with Crippen LogP contribution in [0.15, 0.2) is 42.5 Å². The third kappa shape index (κ3) is 2.20. The van der Waals surface area contributed by atoms with E-state index in [1.165, 1.54) is 18.2 Å². The van der Waals surface area contributed by atoms with Crippen LogP contribution in [0.5, 0.6) is 11.5 Å². The highest BCUT2D eigenvalue weighted by Gasteiger charge is 2.16. The van der Waals surface area contributed by atoms with Gasteiger partial charge in [0.15, 0.2) is 5.78 Å². The second-order valence-corrected chi connectivity index (χ2v) is 4.04. The monoisotopic (exact) mass is 242 g/mol. The number of aryl methyl sites for hydroxylation is 1. The lowest BCUT2D eigenvalue weighted by atomic mass is 9.96. The van der Waals surface area contributed by atoms with Crippen LogP contribution in [0, 0.1) is 0 Å². The second kappa shape index (κ2) is 4.92. The molecule has 2 N–H and O–H groups in total. The standard InChI is InChI=1S/C15H14O3/c1-2-10-5-3-4-6-12(10)15(18)13-8-7-11(16)9-14(13)17/h3-9,16-17H,2H2,1H3. The largest absolute Gasteiger partial charge is 0.508 e. The first-order valence-electron chi connectivity index (χ1n) is 5.78. The van der Waals surface area contributed by atoms with Gasteiger partial charge in [-0.1, -0.05) is 31.2 Å². The van der Waals surface area contributed by atoms with E-state index >= 15 is 0 Å². The van der Waals surface area contributed by atoms with Gasteiger partial charge in [0.25, 0.3) is 0 Å². The van der Waals surface area contributed by atoms with Crippen LogP contribution >= 0.6 is 0 Å². The van der Waals surface area contributed by atoms with Crippen molar-refractivity contribution in [3.8, 4) is 11.5 Å². The Morgan fingerprint density at radius 1 is 1.06 bits per heavy atom. The molecule has 0 saturated carbocycles. The van der Waals surface area contributed by atoms with Crippen molar-refractivity contribution in [1.82, 2.24) is 0 Å². The Hall–Kier alpha value is -2.29. The molecule has 3 nitrogen and oxygen atoms in total. The minimum Gasteiger partial charge on any atom is -0.508 e. The summed E-state index contributed by atoms with van der Waals surface area (Å²) in [5.74, 6) is -0.497. The highest BCUT2D eigenvalue weighted by molar-refractivity contribution is 6.11. The van der Waals surface area contributed by atoms with Gasteiger partial charge in [-0.25, -0.2) is 0 Å². The van der Waals surface area contributed by atoms with Gasteiger partial charge in [-0.15, -0.1) is 0 Å². The van der Waals surface area contributed by atoms with Crippen molar-refractivity contribution in [1.29, 1.82) is 0 Å². The molecular formula is C15H14O3. The predicted octanol–water partition coefficient (Wildman–Crippen LogP) is 2.89. The summed E-state index contributed by atoms with van der Waals surface area (Å²) < 4.78 is 0. The fourth-order valence-electron chi connectivity index (χ4n) is 1.91. The van der Waals surface area contributed by atoms with Crippen LogP contribution in [0.1, 0.15) is 28.4 Å². The summed E-state index contributed by atoms with van der Waals surface area (Å²) in [5, 5.41) is 18.9. The molecule has 0 aliphatic carbocycles. The smallest absolute Gasteiger partial charge is 0.197 e. The summed E-state index contributed by atoms with van der Waals surface area (Å²) in [6.07, 6.45) is 0.751. The highest BCUT2D eigenvalue weighted by Crippen LogP contribution is 2.26. The molecule has 0 bridgehead atoms. The average molecular weight is 242 g/mol. The zero-order valence-corrected chi connectivity index (χ0v) is 10.1. The maximum absolute atomic E-state index is 12.3. The number of aromatic hydroxyl groups is 2. The van der Waals surface area contributed by atoms with Crippen molar-refractivity contribution in [2.45, 2.75) is 13.3 Å². The van der Waals surface area contributed by atoms with Gasteiger partial charge in [0.1, 0.15) is 11.5 Å². The molecular weight excluding hydrogens is 228 g/mol. The number of phenols is 2. The number of phenolic OH excluding ortho intramolecular Hbond substituents is 2. The number of rotatable bonds is 3. The molecule has 3 heteroatoms. The van der Waals surface area contributed by atoms with Crippen molar-refractivity contribution in [2.75, 3.05) is 0 Å². The number of hydrogen-bond acceptors (Lipinski definition) is 3. The number of benzene rings is 2. The Kier molecular flexibility index (Phi) is 3.33. The first-order chi connectivity index (χ1) is 8.63. The van der Waals surface area contributed by atoms with Gasteiger partial charge in [-0.05, 0) is 24.1 Å². The van der Waals surface area contributed by atoms with Gasteiger partial charge < -0.3 is 10.2 Å². The third-order valence-electron chi connectivity index (χ3n) is 2.87. The molecule has 0 aromatic heterocycles. The maximum Gasteiger partial charge on any atom is 0.197 e. The Bertz CT molecular complexity index is 588. The molecule has 0 radical (unpaired) electrons. The van der Waals surface area contributed by atoms with Crippen molar-refractivity contribution >= 4 is 5.78 Å². The van der Waals surface area contributed by atoms with Crippen molar-refractivity contribution in [3.05, 3.63) is 59.2 Å². The van der Waals surface area contributed by atoms with Crippen molar-refractivity contribution in [3.63, 3.8) is 0 Å². The Balaban J connectivity index is 2.48. The number of carbonyl (C=O) groups is 1. The number of hydrogen-bond donors (Lipinski definition) is 2. The maximum atomic E-state index is 12.3. The molecule has 0 unspecified atom stereocenters. The van der Waals surface area contributed by atoms with Crippen LogP contribution in [0.2, 0.25) is 0 Å². The Morgan fingerprint density at radius 2 is 1.78 bits per heavy atom. The van der Waals surface area contributed by atoms with Crippen molar-refractivity contribution in [2.24, 2.45) is 0 Å². The summed E-state index contributed by atoms with van der Waals surface area (Å²) in [7, 11) is 0. The molecule has 0 saturated heterocycles. The second-order valence-electron chi connectivity index (χ2n) is 4.04. The van der Waals surface area contributed by atoms with E-state index in [0.717, 1.165) is 12.0 Å². The van der Waals surface area contributed by atoms with Gasteiger partial charge in [0, 0.05) is 11.6 Å². The summed E-state index contributed by atoms with van der Waals surface area (Å²) >= 11 is 0. The van der Waals surface area contributed by atoms with Crippen LogP contribution < -0.4 is 0 Å². The molecule has 2 aromatic carbocycles. The first kappa shape index (κ1) is 12.2. The molecule has 0 aliphatic heterocycles. The molecule has 0 heterocycles. The zero-order chi connectivity index (χ0) is 13.1. The molecule has 0 fully saturated rings. The molecule has 2 aromatic rings. The number of carbonyl (C=O) groups excluding carboxylic acids is 1. The van der Waals surface area contributed by atoms with Gasteiger partial charge in [-0.2, -0.15) is 0 Å². The fraction of sp³-hybridized carbons (Fsp3) is 0.133. The lowest BCUT2D eigenvalue weighted by molar-refractivity contribution is 0.103. The fourth-order valence-corrected chi connectivity index (χ4v) is 1.91. The molecule has 0 aliphatic rings. The molecule has 18 heavy (non-hydrogen) atoms. The lowest BCUT2D eigenvalue weighted by Crippen LogP contribution is -2.05. The van der Waals surface area contributed by atoms with E-state index in [1.54, 1.807) is 12.1 Å². The van der Waals surface area contributed by atoms with Gasteiger partial charge >= 0.3 is 0 Å². The van der Waals surface area contributed by atoms with Crippen LogP contribution in [0.4, 0.5) is 0 Å². The number of ketones is 1. The van der Waals surface area contributed by atoms with E-state index in [2.05, 4.69) is 0 Å². The normalized spacial score (nSPS) is 10.3. The van der Waals surface area contributed by atoms with Crippen LogP contribution in [0.3, 0.4) is 0 Å². The summed E-state index contributed by atoms with van der Waals surface area (Å²) in [6, 6.07) is 11.3. The topological polar surface area (TPSA) is 57.5 Å². The minimum atomic E-state index is -0.232. The SMILES string of the molecule is CCc1ccccc1C(=O)c1ccc(O)cc1O. The van der Waals surface area contributed by atoms with Crippen LogP contribution in [-0.2, 0) is 6.42 Å². The Morgan fingerprint density at radius 3 is 2.44 bits per heavy atom. The zero-order valence-electron chi connectivity index (χ0n) is 10.1. The molecule has 2 rings (SSSR count). The third-order valence-corrected chi connectivity index (χ3v) is 2.87. The van der Waals surface area contributed by atoms with Crippen LogP contribution in [-0.4, -0.2) is 16.0 Å². The minimum absolute atomic E-state index is 0.0622. The summed E-state index contributed by atoms with van der Waals surface area (Å²) in [4.78, 5) is 12.3.